The molecule has 0 radical (unpaired) electrons. The van der Waals surface area contributed by atoms with Gasteiger partial charge in [0.2, 0.25) is 0 Å². The molecule has 5 rings (SSSR count). The van der Waals surface area contributed by atoms with Gasteiger partial charge in [0, 0.05) is 33.8 Å². The molecule has 0 saturated heterocycles. The summed E-state index contributed by atoms with van der Waals surface area (Å²) in [5.41, 5.74) is 9.64. The normalized spacial score (nSPS) is 14.7. The van der Waals surface area contributed by atoms with Crippen LogP contribution in [0.4, 0.5) is 11.4 Å². The molecular weight excluding hydrogens is 582 g/mol. The number of benzene rings is 3. The summed E-state index contributed by atoms with van der Waals surface area (Å²) in [5, 5.41) is 24.1. The zero-order valence-electron chi connectivity index (χ0n) is 23.8. The van der Waals surface area contributed by atoms with Gasteiger partial charge in [-0.05, 0) is 24.6 Å². The first-order chi connectivity index (χ1) is 21.2. The Labute approximate surface area is 256 Å². The predicted molar refractivity (Wildman–Crippen MR) is 164 cm³/mol. The van der Waals surface area contributed by atoms with Crippen molar-refractivity contribution in [1.82, 2.24) is 4.98 Å². The lowest BCUT2D eigenvalue weighted by Gasteiger charge is -2.36. The number of carbonyl (C=O) groups is 2. The van der Waals surface area contributed by atoms with Crippen LogP contribution in [0.25, 0.3) is 21.8 Å². The molecule has 2 N–H and O–H groups in total. The monoisotopic (exact) mass is 607 g/mol. The Bertz CT molecular complexity index is 1910. The highest BCUT2D eigenvalue weighted by atomic mass is 32.1. The molecule has 1 atom stereocenters. The second-order valence-electron chi connectivity index (χ2n) is 9.68. The van der Waals surface area contributed by atoms with Gasteiger partial charge in [-0.15, -0.1) is 11.3 Å². The Morgan fingerprint density at radius 1 is 1.02 bits per heavy atom. The van der Waals surface area contributed by atoms with Crippen LogP contribution in [0.1, 0.15) is 17.0 Å². The Kier molecular flexibility index (Phi) is 8.23. The number of aryl methyl sites for hydroxylation is 1. The highest BCUT2D eigenvalue weighted by molar-refractivity contribution is 7.13. The summed E-state index contributed by atoms with van der Waals surface area (Å²) in [6.45, 7) is 1.67. The third-order valence-electron chi connectivity index (χ3n) is 7.17. The zero-order chi connectivity index (χ0) is 31.5. The van der Waals surface area contributed by atoms with Crippen molar-refractivity contribution in [2.75, 3.05) is 19.1 Å². The van der Waals surface area contributed by atoms with Crippen LogP contribution < -0.4 is 10.6 Å². The van der Waals surface area contributed by atoms with E-state index in [4.69, 9.17) is 20.2 Å². The fraction of sp³-hybridized carbons (Fsp3) is 0.125. The fourth-order valence-corrected chi connectivity index (χ4v) is 5.89. The molecule has 0 saturated carbocycles. The second-order valence-corrected chi connectivity index (χ2v) is 10.5. The average Bonchev–Trinajstić information content (AvgIpc) is 3.54. The zero-order valence-corrected chi connectivity index (χ0v) is 24.6. The van der Waals surface area contributed by atoms with Gasteiger partial charge in [0.15, 0.2) is 0 Å². The van der Waals surface area contributed by atoms with Gasteiger partial charge in [0.05, 0.1) is 48.0 Å². The molecule has 0 amide bonds. The number of hydrogen-bond acceptors (Lipinski definition) is 11. The Hall–Kier alpha value is -5.80. The van der Waals surface area contributed by atoms with Gasteiger partial charge in [0.25, 0.3) is 5.69 Å². The van der Waals surface area contributed by atoms with Crippen LogP contribution in [0.5, 0.6) is 0 Å². The van der Waals surface area contributed by atoms with E-state index in [0.29, 0.717) is 38.6 Å². The van der Waals surface area contributed by atoms with Crippen LogP contribution >= 0.6 is 11.3 Å². The number of allylic oxidation sites excluding steroid dienone is 1. The second kappa shape index (κ2) is 12.2. The van der Waals surface area contributed by atoms with E-state index in [2.05, 4.69) is 6.07 Å². The minimum Gasteiger partial charge on any atom is -0.466 e. The van der Waals surface area contributed by atoms with E-state index in [0.717, 1.165) is 0 Å². The Balaban J connectivity index is 1.65. The minimum absolute atomic E-state index is 0.00273. The number of nitro benzene ring substituents is 1. The summed E-state index contributed by atoms with van der Waals surface area (Å²) in [6.07, 6.45) is 0. The van der Waals surface area contributed by atoms with Gasteiger partial charge in [-0.25, -0.2) is 14.6 Å². The van der Waals surface area contributed by atoms with Crippen LogP contribution in [-0.2, 0) is 19.1 Å². The van der Waals surface area contributed by atoms with Crippen molar-refractivity contribution >= 4 is 34.7 Å². The van der Waals surface area contributed by atoms with Crippen molar-refractivity contribution in [3.63, 3.8) is 0 Å². The van der Waals surface area contributed by atoms with E-state index in [1.54, 1.807) is 79.0 Å². The molecule has 4 aromatic rings. The first-order valence-corrected chi connectivity index (χ1v) is 14.0. The molecule has 3 aromatic carbocycles. The summed E-state index contributed by atoms with van der Waals surface area (Å²) in [5.74, 6) is -2.72. The van der Waals surface area contributed by atoms with Crippen LogP contribution in [0.2, 0.25) is 0 Å². The van der Waals surface area contributed by atoms with Gasteiger partial charge in [-0.1, -0.05) is 54.6 Å². The maximum absolute atomic E-state index is 13.4. The molecule has 1 aliphatic rings. The Morgan fingerprint density at radius 2 is 1.75 bits per heavy atom. The number of thiazole rings is 1. The summed E-state index contributed by atoms with van der Waals surface area (Å²) in [4.78, 5) is 43.7. The van der Waals surface area contributed by atoms with Crippen molar-refractivity contribution < 1.29 is 24.0 Å². The van der Waals surface area contributed by atoms with E-state index < -0.39 is 22.8 Å². The smallest absolute Gasteiger partial charge is 0.355 e. The van der Waals surface area contributed by atoms with Gasteiger partial charge >= 0.3 is 11.9 Å². The molecule has 44 heavy (non-hydrogen) atoms. The van der Waals surface area contributed by atoms with Crippen LogP contribution in [-0.4, -0.2) is 36.1 Å². The van der Waals surface area contributed by atoms with E-state index in [1.807, 2.05) is 0 Å². The highest BCUT2D eigenvalue weighted by Crippen LogP contribution is 2.44. The van der Waals surface area contributed by atoms with Crippen molar-refractivity contribution in [2.45, 2.75) is 12.8 Å². The summed E-state index contributed by atoms with van der Waals surface area (Å²) in [6, 6.07) is 22.7. The van der Waals surface area contributed by atoms with Crippen molar-refractivity contribution in [3.8, 4) is 27.9 Å². The Morgan fingerprint density at radius 3 is 2.41 bits per heavy atom. The molecule has 1 unspecified atom stereocenters. The van der Waals surface area contributed by atoms with Crippen LogP contribution in [0.15, 0.2) is 101 Å². The molecule has 0 spiro atoms. The highest BCUT2D eigenvalue weighted by Gasteiger charge is 2.43. The number of ether oxygens (including phenoxy) is 2. The lowest BCUT2D eigenvalue weighted by molar-refractivity contribution is -0.385. The standard InChI is InChI=1S/C32H25N5O6S/c1-18-12-13-20(15-25(18)37(40)41)24-17-44-30(35-24)21-10-7-11-22(14-21)36-28(32(39)43-3)27(31(38)42-2)26(23(16-33)29(36)34)19-8-5-4-6-9-19/h4-15,17,26H,34H2,1-3H3. The molecule has 1 aromatic heterocycles. The van der Waals surface area contributed by atoms with E-state index >= 15 is 0 Å². The predicted octanol–water partition coefficient (Wildman–Crippen LogP) is 5.59. The average molecular weight is 608 g/mol. The number of aromatic nitrogens is 1. The van der Waals surface area contributed by atoms with Crippen molar-refractivity contribution in [2.24, 2.45) is 5.73 Å². The minimum atomic E-state index is -0.984. The molecular formula is C32H25N5O6S. The van der Waals surface area contributed by atoms with E-state index in [-0.39, 0.29) is 28.4 Å². The molecule has 11 nitrogen and oxygen atoms in total. The number of nitriles is 1. The lowest BCUT2D eigenvalue weighted by atomic mass is 9.81. The number of nitro groups is 1. The number of methoxy groups -OCH3 is 2. The fourth-order valence-electron chi connectivity index (χ4n) is 5.06. The van der Waals surface area contributed by atoms with E-state index in [9.17, 15) is 25.0 Å². The molecule has 220 valence electrons. The number of hydrogen-bond donors (Lipinski definition) is 1. The quantitative estimate of drug-likeness (QED) is 0.159. The van der Waals surface area contributed by atoms with E-state index in [1.165, 1.54) is 36.5 Å². The molecule has 2 heterocycles. The molecule has 12 heteroatoms. The summed E-state index contributed by atoms with van der Waals surface area (Å²) < 4.78 is 10.2. The van der Waals surface area contributed by atoms with Crippen LogP contribution in [0, 0.1) is 28.4 Å². The van der Waals surface area contributed by atoms with Gasteiger partial charge in [-0.2, -0.15) is 5.26 Å². The first-order valence-electron chi connectivity index (χ1n) is 13.2. The SMILES string of the molecule is COC(=O)C1=C(C(=O)OC)N(c2cccc(-c3nc(-c4ccc(C)c([N+](=O)[O-])c4)cs3)c2)C(N)=C(C#N)C1c1ccccc1. The molecule has 0 bridgehead atoms. The molecule has 0 aliphatic carbocycles. The van der Waals surface area contributed by atoms with Crippen molar-refractivity contribution in [1.29, 1.82) is 5.26 Å². The number of nitrogens with two attached hydrogens (primary N) is 1. The number of esters is 2. The number of rotatable bonds is 7. The third kappa shape index (κ3) is 5.28. The van der Waals surface area contributed by atoms with Gasteiger partial charge < -0.3 is 15.2 Å². The van der Waals surface area contributed by atoms with Crippen LogP contribution in [0.3, 0.4) is 0 Å². The topological polar surface area (TPSA) is 162 Å². The third-order valence-corrected chi connectivity index (χ3v) is 8.06. The van der Waals surface area contributed by atoms with Gasteiger partial charge in [0.1, 0.15) is 16.5 Å². The number of nitrogens with zero attached hydrogens (tertiary/aromatic N) is 4. The maximum Gasteiger partial charge on any atom is 0.355 e. The lowest BCUT2D eigenvalue weighted by Crippen LogP contribution is -2.40. The molecule has 0 fully saturated rings. The number of anilines is 1. The maximum atomic E-state index is 13.4. The molecule has 1 aliphatic heterocycles. The van der Waals surface area contributed by atoms with Gasteiger partial charge in [-0.3, -0.25) is 15.0 Å². The van der Waals surface area contributed by atoms with Crippen molar-refractivity contribution in [3.05, 3.63) is 122 Å². The summed E-state index contributed by atoms with van der Waals surface area (Å²) >= 11 is 1.32. The first kappa shape index (κ1) is 29.7. The number of carbonyl (C=O) groups excluding carboxylic acids is 2. The summed E-state index contributed by atoms with van der Waals surface area (Å²) in [7, 11) is 2.37. The largest absolute Gasteiger partial charge is 0.466 e.